The molecule has 0 saturated carbocycles. The Morgan fingerprint density at radius 2 is 1.20 bits per heavy atom. The fourth-order valence-electron chi connectivity index (χ4n) is 5.86. The van der Waals surface area contributed by atoms with Crippen molar-refractivity contribution in [2.75, 3.05) is 43.0 Å². The number of benzene rings is 2. The molecule has 0 unspecified atom stereocenters. The van der Waals surface area contributed by atoms with Gasteiger partial charge in [0.2, 0.25) is 0 Å². The van der Waals surface area contributed by atoms with Gasteiger partial charge in [-0.05, 0) is 71.9 Å². The summed E-state index contributed by atoms with van der Waals surface area (Å²) in [5, 5.41) is 6.50. The Labute approximate surface area is 378 Å². The van der Waals surface area contributed by atoms with Crippen LogP contribution in [0.2, 0.25) is 0 Å². The van der Waals surface area contributed by atoms with Crippen LogP contribution in [0.5, 0.6) is 11.5 Å². The van der Waals surface area contributed by atoms with Crippen molar-refractivity contribution in [1.29, 1.82) is 0 Å². The second kappa shape index (κ2) is 18.2. The largest absolute Gasteiger partial charge is 1.00 e. The number of nitrogens with zero attached hydrogens (tertiary/aromatic N) is 5. The molecule has 1 aromatic heterocycles. The van der Waals surface area contributed by atoms with Crippen LogP contribution in [0.25, 0.3) is 5.32 Å². The minimum Gasteiger partial charge on any atom is -0.486 e. The Hall–Kier alpha value is -4.25. The van der Waals surface area contributed by atoms with Gasteiger partial charge in [0.15, 0.2) is 5.75 Å². The zero-order valence-electron chi connectivity index (χ0n) is 33.4. The van der Waals surface area contributed by atoms with Gasteiger partial charge in [0.05, 0.1) is 41.3 Å². The van der Waals surface area contributed by atoms with Crippen molar-refractivity contribution in [2.45, 2.75) is 90.1 Å². The first-order valence-corrected chi connectivity index (χ1v) is 17.9. The molecule has 316 valence electrons. The third kappa shape index (κ3) is 12.9. The second-order valence-electron chi connectivity index (χ2n) is 15.6. The van der Waals surface area contributed by atoms with Crippen LogP contribution in [0, 0.1) is 0 Å². The molecule has 0 radical (unpaired) electrons. The normalized spacial score (nSPS) is 17.2. The number of hydrogen-bond donors (Lipinski definition) is 3. The average molecular weight is 865 g/mol. The minimum atomic E-state index is -4.88. The van der Waals surface area contributed by atoms with Gasteiger partial charge in [0, 0.05) is 37.9 Å². The fourth-order valence-corrected chi connectivity index (χ4v) is 5.86. The molecule has 0 spiro atoms. The molecule has 2 atom stereocenters. The summed E-state index contributed by atoms with van der Waals surface area (Å²) in [7, 11) is 0. The van der Waals surface area contributed by atoms with E-state index < -0.39 is 93.4 Å². The molecule has 2 aromatic carbocycles. The SMILES string of the molecule is CC(C)(C)OC(=O)N1CC[C@H](Oc2c(N)cc(C(F)(F)F)cc2[N-]c2cc(C(=O)Nc3cc(C(F)(F)F)cc(N)c3O[C@@H]3CCN(C(=O)OC(C)(C)C)C3)ncn2)C1.[K+]. The molecule has 3 amide bonds. The van der Waals surface area contributed by atoms with Gasteiger partial charge >= 0.3 is 75.9 Å². The number of alkyl halides is 6. The number of nitrogen functional groups attached to an aromatic ring is 2. The zero-order valence-corrected chi connectivity index (χ0v) is 36.5. The quantitative estimate of drug-likeness (QED) is 0.156. The van der Waals surface area contributed by atoms with Crippen LogP contribution < -0.4 is 77.6 Å². The molecule has 2 aliphatic rings. The first-order chi connectivity index (χ1) is 26.8. The van der Waals surface area contributed by atoms with Crippen molar-refractivity contribution < 1.29 is 111 Å². The summed E-state index contributed by atoms with van der Waals surface area (Å²) >= 11 is 0. The van der Waals surface area contributed by atoms with Crippen molar-refractivity contribution in [2.24, 2.45) is 0 Å². The van der Waals surface area contributed by atoms with E-state index in [0.29, 0.717) is 24.3 Å². The van der Waals surface area contributed by atoms with Gasteiger partial charge in [0.25, 0.3) is 5.91 Å². The van der Waals surface area contributed by atoms with Crippen LogP contribution in [-0.2, 0) is 21.8 Å². The molecule has 5 N–H and O–H groups in total. The van der Waals surface area contributed by atoms with Gasteiger partial charge in [-0.15, -0.1) is 0 Å². The van der Waals surface area contributed by atoms with E-state index >= 15 is 0 Å². The van der Waals surface area contributed by atoms with E-state index in [0.717, 1.165) is 12.4 Å². The summed E-state index contributed by atoms with van der Waals surface area (Å²) in [5.41, 5.74) is 5.88. The molecule has 15 nitrogen and oxygen atoms in total. The topological polar surface area (TPSA) is 199 Å². The maximum absolute atomic E-state index is 13.9. The molecule has 5 rings (SSSR count). The van der Waals surface area contributed by atoms with Crippen LogP contribution in [0.3, 0.4) is 0 Å². The zero-order chi connectivity index (χ0) is 43.0. The summed E-state index contributed by atoms with van der Waals surface area (Å²) in [6.07, 6.45) is -11.0. The van der Waals surface area contributed by atoms with Gasteiger partial charge in [-0.2, -0.15) is 26.3 Å². The van der Waals surface area contributed by atoms with E-state index in [4.69, 9.17) is 30.4 Å². The summed E-state index contributed by atoms with van der Waals surface area (Å²) in [5.74, 6) is -2.00. The number of ether oxygens (including phenoxy) is 4. The molecule has 22 heteroatoms. The Bertz CT molecular complexity index is 2040. The number of carbonyl (C=O) groups excluding carboxylic acids is 3. The van der Waals surface area contributed by atoms with Gasteiger partial charge in [-0.3, -0.25) is 9.78 Å². The van der Waals surface area contributed by atoms with Gasteiger partial charge in [-0.1, -0.05) is 5.82 Å². The van der Waals surface area contributed by atoms with Gasteiger partial charge < -0.3 is 55.8 Å². The van der Waals surface area contributed by atoms with Crippen molar-refractivity contribution in [1.82, 2.24) is 19.8 Å². The number of anilines is 3. The molecule has 3 aromatic rings. The number of carbonyl (C=O) groups is 3. The van der Waals surface area contributed by atoms with E-state index in [1.54, 1.807) is 41.5 Å². The summed E-state index contributed by atoms with van der Waals surface area (Å²) < 4.78 is 106. The molecule has 0 bridgehead atoms. The van der Waals surface area contributed by atoms with E-state index in [-0.39, 0.29) is 108 Å². The Kier molecular flexibility index (Phi) is 14.6. The molecular formula is C37H43F6KN8O7. The Balaban J connectivity index is 0.00000769. The van der Waals surface area contributed by atoms with Crippen molar-refractivity contribution >= 4 is 46.7 Å². The third-order valence-corrected chi connectivity index (χ3v) is 8.40. The first kappa shape index (κ1) is 47.4. The smallest absolute Gasteiger partial charge is 0.486 e. The van der Waals surface area contributed by atoms with Crippen LogP contribution in [0.4, 0.5) is 64.5 Å². The fraction of sp³-hybridized carbons (Fsp3) is 0.486. The van der Waals surface area contributed by atoms with Gasteiger partial charge in [-0.25, -0.2) is 9.59 Å². The third-order valence-electron chi connectivity index (χ3n) is 8.40. The predicted octanol–water partition coefficient (Wildman–Crippen LogP) is 5.05. The summed E-state index contributed by atoms with van der Waals surface area (Å²) in [6.45, 7) is 10.6. The average Bonchev–Trinajstić information content (AvgIpc) is 3.76. The van der Waals surface area contributed by atoms with Crippen LogP contribution in [0.15, 0.2) is 36.7 Å². The first-order valence-electron chi connectivity index (χ1n) is 17.9. The number of nitrogens with one attached hydrogen (secondary N) is 1. The number of rotatable bonds is 8. The second-order valence-corrected chi connectivity index (χ2v) is 15.6. The molecule has 59 heavy (non-hydrogen) atoms. The molecule has 2 saturated heterocycles. The number of halogens is 6. The molecule has 3 heterocycles. The summed E-state index contributed by atoms with van der Waals surface area (Å²) in [6, 6.07) is 3.54. The van der Waals surface area contributed by atoms with Gasteiger partial charge in [0.1, 0.15) is 34.9 Å². The van der Waals surface area contributed by atoms with Crippen molar-refractivity contribution in [3.63, 3.8) is 0 Å². The summed E-state index contributed by atoms with van der Waals surface area (Å²) in [4.78, 5) is 49.3. The number of nitrogens with two attached hydrogens (primary N) is 2. The van der Waals surface area contributed by atoms with Crippen molar-refractivity contribution in [3.05, 3.63) is 58.8 Å². The van der Waals surface area contributed by atoms with E-state index in [1.807, 2.05) is 0 Å². The number of amides is 3. The minimum absolute atomic E-state index is 0. The Morgan fingerprint density at radius 1 is 0.729 bits per heavy atom. The van der Waals surface area contributed by atoms with Crippen molar-refractivity contribution in [3.8, 4) is 11.5 Å². The number of likely N-dealkylation sites (tertiary alicyclic amines) is 2. The van der Waals surface area contributed by atoms with E-state index in [1.165, 1.54) is 9.80 Å². The molecule has 2 fully saturated rings. The van der Waals surface area contributed by atoms with E-state index in [2.05, 4.69) is 20.6 Å². The predicted molar refractivity (Wildman–Crippen MR) is 198 cm³/mol. The standard InChI is InChI=1S/C37H44F6N8O7.K/c1-34(2,3)57-32(53)50-9-7-21(16-50)55-29-23(44)11-19(36(38,39)40)13-25(29)48-28-15-27(46-18-47-28)31(52)49-26-14-20(37(41,42)43)12-24(45)30(26)56-22-8-10-51(17-22)33(54)58-35(4,5)6;/h11-15,18,21-22H,7-10,16-17,44-45H2,1-6H3,(H2,46,47,48,49,52);/q;+1/p-1/t21-,22+;/m0./s1. The van der Waals surface area contributed by atoms with E-state index in [9.17, 15) is 40.7 Å². The molecule has 0 aliphatic carbocycles. The Morgan fingerprint density at radius 3 is 1.69 bits per heavy atom. The number of aromatic nitrogens is 2. The molecule has 2 aliphatic heterocycles. The maximum atomic E-state index is 13.9. The van der Waals surface area contributed by atoms with Crippen LogP contribution in [0.1, 0.15) is 76.0 Å². The number of hydrogen-bond acceptors (Lipinski definition) is 11. The molecular weight excluding hydrogens is 822 g/mol. The maximum Gasteiger partial charge on any atom is 1.00 e. The van der Waals surface area contributed by atoms with Crippen LogP contribution >= 0.6 is 0 Å². The monoisotopic (exact) mass is 864 g/mol. The van der Waals surface area contributed by atoms with Crippen LogP contribution in [-0.4, -0.2) is 87.5 Å².